The average Bonchev–Trinajstić information content (AvgIpc) is 2.03. The Labute approximate surface area is 84.1 Å². The highest BCUT2D eigenvalue weighted by Gasteiger charge is 2.26. The molecule has 1 aliphatic carbocycles. The Morgan fingerprint density at radius 2 is 1.69 bits per heavy atom. The van der Waals surface area contributed by atoms with Crippen LogP contribution in [-0.4, -0.2) is 0 Å². The third kappa shape index (κ3) is 3.32. The van der Waals surface area contributed by atoms with Crippen molar-refractivity contribution in [1.82, 2.24) is 0 Å². The second-order valence-electron chi connectivity index (χ2n) is 5.53. The summed E-state index contributed by atoms with van der Waals surface area (Å²) in [6.45, 7) is 9.63. The molecular weight excluding hydrogens is 156 g/mol. The van der Waals surface area contributed by atoms with Gasteiger partial charge >= 0.3 is 0 Å². The maximum Gasteiger partial charge on any atom is -0.0363 e. The Bertz CT molecular complexity index is 137. The van der Waals surface area contributed by atoms with Crippen LogP contribution < -0.4 is 0 Å². The van der Waals surface area contributed by atoms with Crippen molar-refractivity contribution in [3.05, 3.63) is 0 Å². The van der Waals surface area contributed by atoms with E-state index in [4.69, 9.17) is 0 Å². The van der Waals surface area contributed by atoms with Crippen LogP contribution in [0.1, 0.15) is 59.8 Å². The maximum absolute atomic E-state index is 2.46. The fourth-order valence-electron chi connectivity index (χ4n) is 3.11. The van der Waals surface area contributed by atoms with E-state index in [9.17, 15) is 0 Å². The summed E-state index contributed by atoms with van der Waals surface area (Å²) in [6, 6.07) is 0. The Kier molecular flexibility index (Phi) is 4.28. The molecule has 0 aromatic carbocycles. The lowest BCUT2D eigenvalue weighted by molar-refractivity contribution is 0.167. The lowest BCUT2D eigenvalue weighted by atomic mass is 9.72. The lowest BCUT2D eigenvalue weighted by Gasteiger charge is -2.34. The van der Waals surface area contributed by atoms with E-state index >= 15 is 0 Å². The molecule has 1 saturated carbocycles. The summed E-state index contributed by atoms with van der Waals surface area (Å²) in [5.74, 6) is 3.85. The van der Waals surface area contributed by atoms with Crippen LogP contribution in [0.2, 0.25) is 0 Å². The van der Waals surface area contributed by atoms with Gasteiger partial charge in [0.05, 0.1) is 0 Å². The van der Waals surface area contributed by atoms with E-state index in [2.05, 4.69) is 27.7 Å². The van der Waals surface area contributed by atoms with E-state index in [0.717, 1.165) is 23.7 Å². The van der Waals surface area contributed by atoms with Crippen molar-refractivity contribution in [1.29, 1.82) is 0 Å². The van der Waals surface area contributed by atoms with E-state index in [1.54, 1.807) is 0 Å². The Morgan fingerprint density at radius 3 is 2.23 bits per heavy atom. The fraction of sp³-hybridized carbons (Fsp3) is 1.00. The molecule has 0 heteroatoms. The predicted molar refractivity (Wildman–Crippen MR) is 59.7 cm³/mol. The van der Waals surface area contributed by atoms with Gasteiger partial charge in [0, 0.05) is 0 Å². The van der Waals surface area contributed by atoms with Crippen LogP contribution >= 0.6 is 0 Å². The standard InChI is InChI=1S/C13H26/c1-10(2)9-12(4)13-8-6-5-7-11(13)3/h10-13H,5-9H2,1-4H3. The third-order valence-corrected chi connectivity index (χ3v) is 3.75. The summed E-state index contributed by atoms with van der Waals surface area (Å²) in [6.07, 6.45) is 7.36. The first-order chi connectivity index (χ1) is 6.11. The second-order valence-corrected chi connectivity index (χ2v) is 5.53. The lowest BCUT2D eigenvalue weighted by Crippen LogP contribution is -2.24. The van der Waals surface area contributed by atoms with Gasteiger partial charge in [0.15, 0.2) is 0 Å². The molecule has 78 valence electrons. The first kappa shape index (κ1) is 11.1. The van der Waals surface area contributed by atoms with Gasteiger partial charge in [-0.05, 0) is 36.5 Å². The van der Waals surface area contributed by atoms with Crippen LogP contribution in [0, 0.1) is 23.7 Å². The van der Waals surface area contributed by atoms with Gasteiger partial charge < -0.3 is 0 Å². The Hall–Kier alpha value is 0. The SMILES string of the molecule is CC(C)CC(C)C1CCCCC1C. The summed E-state index contributed by atoms with van der Waals surface area (Å²) < 4.78 is 0. The molecule has 0 spiro atoms. The molecule has 3 unspecified atom stereocenters. The first-order valence-corrected chi connectivity index (χ1v) is 6.11. The van der Waals surface area contributed by atoms with Gasteiger partial charge in [-0.15, -0.1) is 0 Å². The molecule has 0 saturated heterocycles. The Balaban J connectivity index is 2.39. The zero-order valence-corrected chi connectivity index (χ0v) is 9.84. The van der Waals surface area contributed by atoms with Gasteiger partial charge in [-0.1, -0.05) is 47.0 Å². The molecule has 0 nitrogen and oxygen atoms in total. The largest absolute Gasteiger partial charge is 0.0628 e. The third-order valence-electron chi connectivity index (χ3n) is 3.75. The summed E-state index contributed by atoms with van der Waals surface area (Å²) >= 11 is 0. The molecule has 1 rings (SSSR count). The molecule has 0 amide bonds. The first-order valence-electron chi connectivity index (χ1n) is 6.11. The zero-order chi connectivity index (χ0) is 9.84. The molecule has 0 aliphatic heterocycles. The maximum atomic E-state index is 2.46. The number of hydrogen-bond acceptors (Lipinski definition) is 0. The number of hydrogen-bond donors (Lipinski definition) is 0. The van der Waals surface area contributed by atoms with Gasteiger partial charge in [-0.2, -0.15) is 0 Å². The van der Waals surface area contributed by atoms with E-state index in [1.807, 2.05) is 0 Å². The molecule has 0 aromatic rings. The van der Waals surface area contributed by atoms with Crippen LogP contribution in [0.25, 0.3) is 0 Å². The smallest absolute Gasteiger partial charge is 0.0363 e. The van der Waals surface area contributed by atoms with Crippen molar-refractivity contribution >= 4 is 0 Å². The fourth-order valence-corrected chi connectivity index (χ4v) is 3.11. The van der Waals surface area contributed by atoms with Crippen LogP contribution in [0.3, 0.4) is 0 Å². The number of rotatable bonds is 3. The molecule has 1 fully saturated rings. The normalized spacial score (nSPS) is 32.1. The predicted octanol–water partition coefficient (Wildman–Crippen LogP) is 4.49. The Morgan fingerprint density at radius 1 is 1.08 bits per heavy atom. The van der Waals surface area contributed by atoms with Gasteiger partial charge in [-0.25, -0.2) is 0 Å². The molecular formula is C13H26. The zero-order valence-electron chi connectivity index (χ0n) is 9.84. The van der Waals surface area contributed by atoms with Crippen molar-refractivity contribution in [3.8, 4) is 0 Å². The molecule has 0 radical (unpaired) electrons. The summed E-state index contributed by atoms with van der Waals surface area (Å²) in [7, 11) is 0. The second kappa shape index (κ2) is 5.02. The van der Waals surface area contributed by atoms with Crippen molar-refractivity contribution in [2.45, 2.75) is 59.8 Å². The van der Waals surface area contributed by atoms with Crippen molar-refractivity contribution in [2.24, 2.45) is 23.7 Å². The molecule has 0 bridgehead atoms. The highest BCUT2D eigenvalue weighted by atomic mass is 14.3. The molecule has 0 heterocycles. The highest BCUT2D eigenvalue weighted by molar-refractivity contribution is 4.77. The molecule has 3 atom stereocenters. The molecule has 0 N–H and O–H groups in total. The van der Waals surface area contributed by atoms with E-state index < -0.39 is 0 Å². The van der Waals surface area contributed by atoms with Crippen molar-refractivity contribution < 1.29 is 0 Å². The summed E-state index contributed by atoms with van der Waals surface area (Å²) in [5.41, 5.74) is 0. The van der Waals surface area contributed by atoms with Gasteiger partial charge in [0.1, 0.15) is 0 Å². The van der Waals surface area contributed by atoms with Crippen molar-refractivity contribution in [3.63, 3.8) is 0 Å². The minimum atomic E-state index is 0.879. The van der Waals surface area contributed by atoms with Crippen LogP contribution in [0.5, 0.6) is 0 Å². The monoisotopic (exact) mass is 182 g/mol. The van der Waals surface area contributed by atoms with E-state index in [1.165, 1.54) is 32.1 Å². The van der Waals surface area contributed by atoms with Crippen LogP contribution in [-0.2, 0) is 0 Å². The quantitative estimate of drug-likeness (QED) is 0.603. The topological polar surface area (TPSA) is 0 Å². The van der Waals surface area contributed by atoms with Crippen molar-refractivity contribution in [2.75, 3.05) is 0 Å². The molecule has 1 aliphatic rings. The van der Waals surface area contributed by atoms with E-state index in [0.29, 0.717) is 0 Å². The van der Waals surface area contributed by atoms with Crippen LogP contribution in [0.4, 0.5) is 0 Å². The van der Waals surface area contributed by atoms with E-state index in [-0.39, 0.29) is 0 Å². The molecule has 0 aromatic heterocycles. The minimum absolute atomic E-state index is 0.879. The van der Waals surface area contributed by atoms with Gasteiger partial charge in [0.25, 0.3) is 0 Å². The molecule has 13 heavy (non-hydrogen) atoms. The van der Waals surface area contributed by atoms with Gasteiger partial charge in [-0.3, -0.25) is 0 Å². The summed E-state index contributed by atoms with van der Waals surface area (Å²) in [4.78, 5) is 0. The summed E-state index contributed by atoms with van der Waals surface area (Å²) in [5, 5.41) is 0. The average molecular weight is 182 g/mol. The van der Waals surface area contributed by atoms with Gasteiger partial charge in [0.2, 0.25) is 0 Å². The highest BCUT2D eigenvalue weighted by Crippen LogP contribution is 2.37. The minimum Gasteiger partial charge on any atom is -0.0628 e. The van der Waals surface area contributed by atoms with Crippen LogP contribution in [0.15, 0.2) is 0 Å².